The molecule has 10 heteroatoms. The molecule has 0 atom stereocenters. The molecule has 2 aromatic carbocycles. The van der Waals surface area contributed by atoms with E-state index in [1.54, 1.807) is 44.2 Å². The second-order valence-corrected chi connectivity index (χ2v) is 8.31. The Morgan fingerprint density at radius 2 is 1.52 bits per heavy atom. The first-order valence-corrected chi connectivity index (χ1v) is 10.4. The van der Waals surface area contributed by atoms with Gasteiger partial charge in [-0.2, -0.15) is 0 Å². The first-order chi connectivity index (χ1) is 13.7. The zero-order valence-corrected chi connectivity index (χ0v) is 17.2. The van der Waals surface area contributed by atoms with Crippen LogP contribution in [0, 0.1) is 13.8 Å². The number of nitrogens with zero attached hydrogens (tertiary/aromatic N) is 2. The van der Waals surface area contributed by atoms with Gasteiger partial charge in [0.25, 0.3) is 10.0 Å². The number of anilines is 3. The molecule has 150 valence electrons. The maximum atomic E-state index is 12.5. The van der Waals surface area contributed by atoms with Crippen molar-refractivity contribution in [2.45, 2.75) is 18.7 Å². The Morgan fingerprint density at radius 1 is 0.897 bits per heavy atom. The number of amides is 2. The van der Waals surface area contributed by atoms with Crippen molar-refractivity contribution in [1.82, 2.24) is 9.97 Å². The van der Waals surface area contributed by atoms with Crippen LogP contribution in [0.1, 0.15) is 11.4 Å². The number of carbonyl (C=O) groups excluding carboxylic acids is 1. The second-order valence-electron chi connectivity index (χ2n) is 6.19. The van der Waals surface area contributed by atoms with E-state index in [-0.39, 0.29) is 10.8 Å². The quantitative estimate of drug-likeness (QED) is 0.560. The Bertz CT molecular complexity index is 1130. The van der Waals surface area contributed by atoms with E-state index < -0.39 is 16.1 Å². The normalized spacial score (nSPS) is 11.0. The molecule has 0 saturated carbocycles. The standard InChI is InChI=1S/C19H18ClN5O3S/c1-12-10-13(2)22-18(21-12)25-29(27,28)17-8-6-15(7-9-17)23-19(26)24-16-5-3-4-14(20)11-16/h3-11H,1-2H3,(H,21,22,25)(H2,23,24,26). The van der Waals surface area contributed by atoms with Crippen molar-refractivity contribution < 1.29 is 13.2 Å². The number of nitrogens with one attached hydrogen (secondary N) is 3. The highest BCUT2D eigenvalue weighted by molar-refractivity contribution is 7.92. The molecule has 0 unspecified atom stereocenters. The third-order valence-electron chi connectivity index (χ3n) is 3.71. The van der Waals surface area contributed by atoms with E-state index in [9.17, 15) is 13.2 Å². The monoisotopic (exact) mass is 431 g/mol. The number of halogens is 1. The largest absolute Gasteiger partial charge is 0.323 e. The fourth-order valence-electron chi connectivity index (χ4n) is 2.53. The summed E-state index contributed by atoms with van der Waals surface area (Å²) in [4.78, 5) is 20.2. The number of sulfonamides is 1. The molecule has 1 aromatic heterocycles. The lowest BCUT2D eigenvalue weighted by Gasteiger charge is -2.10. The summed E-state index contributed by atoms with van der Waals surface area (Å²) in [5, 5.41) is 5.76. The van der Waals surface area contributed by atoms with Gasteiger partial charge in [-0.1, -0.05) is 17.7 Å². The number of aromatic nitrogens is 2. The Labute approximate surface area is 173 Å². The summed E-state index contributed by atoms with van der Waals surface area (Å²) in [5.74, 6) is 0.00519. The number of rotatable bonds is 5. The van der Waals surface area contributed by atoms with Crippen molar-refractivity contribution in [3.63, 3.8) is 0 Å². The molecule has 3 N–H and O–H groups in total. The van der Waals surface area contributed by atoms with Crippen molar-refractivity contribution in [3.8, 4) is 0 Å². The van der Waals surface area contributed by atoms with Crippen LogP contribution < -0.4 is 15.4 Å². The topological polar surface area (TPSA) is 113 Å². The minimum absolute atomic E-state index is 0.00519. The van der Waals surface area contributed by atoms with Gasteiger partial charge in [0.2, 0.25) is 5.95 Å². The van der Waals surface area contributed by atoms with Gasteiger partial charge < -0.3 is 10.6 Å². The molecule has 0 aliphatic heterocycles. The highest BCUT2D eigenvalue weighted by Gasteiger charge is 2.16. The van der Waals surface area contributed by atoms with E-state index >= 15 is 0 Å². The van der Waals surface area contributed by atoms with E-state index in [0.29, 0.717) is 27.8 Å². The van der Waals surface area contributed by atoms with E-state index in [2.05, 4.69) is 25.3 Å². The minimum Gasteiger partial charge on any atom is -0.308 e. The Balaban J connectivity index is 1.67. The van der Waals surface area contributed by atoms with Gasteiger partial charge in [-0.15, -0.1) is 0 Å². The first kappa shape index (κ1) is 20.6. The van der Waals surface area contributed by atoms with Gasteiger partial charge in [-0.05, 0) is 62.4 Å². The third-order valence-corrected chi connectivity index (χ3v) is 5.29. The predicted molar refractivity (Wildman–Crippen MR) is 113 cm³/mol. The summed E-state index contributed by atoms with van der Waals surface area (Å²) >= 11 is 5.88. The number of hydrogen-bond acceptors (Lipinski definition) is 5. The van der Waals surface area contributed by atoms with Crippen LogP contribution in [0.25, 0.3) is 0 Å². The molecule has 3 rings (SSSR count). The summed E-state index contributed by atoms with van der Waals surface area (Å²) in [5.41, 5.74) is 2.26. The molecule has 0 saturated heterocycles. The van der Waals surface area contributed by atoms with E-state index in [4.69, 9.17) is 11.6 Å². The molecule has 0 aliphatic rings. The van der Waals surface area contributed by atoms with Crippen LogP contribution in [0.5, 0.6) is 0 Å². The maximum absolute atomic E-state index is 12.5. The number of aryl methyl sites for hydroxylation is 2. The minimum atomic E-state index is -3.86. The summed E-state index contributed by atoms with van der Waals surface area (Å²) < 4.78 is 27.4. The number of hydrogen-bond donors (Lipinski definition) is 3. The van der Waals surface area contributed by atoms with Crippen LogP contribution in [0.15, 0.2) is 59.5 Å². The lowest BCUT2D eigenvalue weighted by atomic mass is 10.3. The predicted octanol–water partition coefficient (Wildman–Crippen LogP) is 4.19. The summed E-state index contributed by atoms with van der Waals surface area (Å²) in [6, 6.07) is 13.7. The smallest absolute Gasteiger partial charge is 0.308 e. The van der Waals surface area contributed by atoms with Crippen molar-refractivity contribution in [3.05, 3.63) is 71.0 Å². The van der Waals surface area contributed by atoms with Crippen LogP contribution in [0.3, 0.4) is 0 Å². The van der Waals surface area contributed by atoms with Gasteiger partial charge in [-0.3, -0.25) is 0 Å². The summed E-state index contributed by atoms with van der Waals surface area (Å²) in [6.07, 6.45) is 0. The Hall–Kier alpha value is -3.17. The first-order valence-electron chi connectivity index (χ1n) is 8.50. The zero-order chi connectivity index (χ0) is 21.0. The fourth-order valence-corrected chi connectivity index (χ4v) is 3.66. The number of urea groups is 1. The summed E-state index contributed by atoms with van der Waals surface area (Å²) in [6.45, 7) is 3.50. The van der Waals surface area contributed by atoms with Gasteiger partial charge in [0.15, 0.2) is 0 Å². The zero-order valence-electron chi connectivity index (χ0n) is 15.6. The molecule has 0 radical (unpaired) electrons. The molecule has 0 aliphatic carbocycles. The molecule has 0 fully saturated rings. The van der Waals surface area contributed by atoms with Crippen LogP contribution in [-0.2, 0) is 10.0 Å². The van der Waals surface area contributed by atoms with Gasteiger partial charge in [0.05, 0.1) is 4.90 Å². The molecule has 1 heterocycles. The molecule has 3 aromatic rings. The fraction of sp³-hybridized carbons (Fsp3) is 0.105. The molecule has 0 spiro atoms. The second kappa shape index (κ2) is 8.46. The van der Waals surface area contributed by atoms with Crippen molar-refractivity contribution in [2.24, 2.45) is 0 Å². The molecule has 29 heavy (non-hydrogen) atoms. The SMILES string of the molecule is Cc1cc(C)nc(NS(=O)(=O)c2ccc(NC(=O)Nc3cccc(Cl)c3)cc2)n1. The van der Waals surface area contributed by atoms with Crippen molar-refractivity contribution in [2.75, 3.05) is 15.4 Å². The van der Waals surface area contributed by atoms with Crippen molar-refractivity contribution in [1.29, 1.82) is 0 Å². The summed E-state index contributed by atoms with van der Waals surface area (Å²) in [7, 11) is -3.86. The maximum Gasteiger partial charge on any atom is 0.323 e. The lowest BCUT2D eigenvalue weighted by Crippen LogP contribution is -2.19. The molecule has 8 nitrogen and oxygen atoms in total. The van der Waals surface area contributed by atoms with Gasteiger partial charge in [0.1, 0.15) is 0 Å². The van der Waals surface area contributed by atoms with Crippen LogP contribution in [0.4, 0.5) is 22.1 Å². The van der Waals surface area contributed by atoms with E-state index in [0.717, 1.165) is 0 Å². The van der Waals surface area contributed by atoms with Gasteiger partial charge in [-0.25, -0.2) is 27.9 Å². The van der Waals surface area contributed by atoms with Crippen LogP contribution in [-0.4, -0.2) is 24.4 Å². The molecule has 0 bridgehead atoms. The number of benzene rings is 2. The molecular formula is C19H18ClN5O3S. The highest BCUT2D eigenvalue weighted by Crippen LogP contribution is 2.18. The highest BCUT2D eigenvalue weighted by atomic mass is 35.5. The molecule has 2 amide bonds. The van der Waals surface area contributed by atoms with Crippen molar-refractivity contribution >= 4 is 45.0 Å². The number of carbonyl (C=O) groups is 1. The van der Waals surface area contributed by atoms with E-state index in [1.807, 2.05) is 0 Å². The third kappa shape index (κ3) is 5.66. The van der Waals surface area contributed by atoms with Gasteiger partial charge in [0, 0.05) is 27.8 Å². The Kier molecular flexibility index (Phi) is 6.00. The lowest BCUT2D eigenvalue weighted by molar-refractivity contribution is 0.262. The van der Waals surface area contributed by atoms with Gasteiger partial charge >= 0.3 is 6.03 Å². The Morgan fingerprint density at radius 3 is 2.14 bits per heavy atom. The van der Waals surface area contributed by atoms with E-state index in [1.165, 1.54) is 24.3 Å². The van der Waals surface area contributed by atoms with Crippen LogP contribution >= 0.6 is 11.6 Å². The van der Waals surface area contributed by atoms with Crippen LogP contribution in [0.2, 0.25) is 5.02 Å². The average molecular weight is 432 g/mol. The average Bonchev–Trinajstić information content (AvgIpc) is 2.60. The molecular weight excluding hydrogens is 414 g/mol.